The molecule has 0 spiro atoms. The number of rotatable bonds is 6. The first-order valence-corrected chi connectivity index (χ1v) is 7.69. The largest absolute Gasteiger partial charge is 0.493 e. The van der Waals surface area contributed by atoms with Gasteiger partial charge in [0, 0.05) is 6.54 Å². The molecule has 0 unspecified atom stereocenters. The van der Waals surface area contributed by atoms with Crippen LogP contribution in [0.5, 0.6) is 11.5 Å². The van der Waals surface area contributed by atoms with Gasteiger partial charge in [0.15, 0.2) is 11.5 Å². The van der Waals surface area contributed by atoms with Gasteiger partial charge >= 0.3 is 0 Å². The summed E-state index contributed by atoms with van der Waals surface area (Å²) in [4.78, 5) is 0. The molecule has 22 heavy (non-hydrogen) atoms. The molecule has 1 aromatic rings. The first kappa shape index (κ1) is 14.8. The van der Waals surface area contributed by atoms with Crippen LogP contribution in [-0.4, -0.2) is 18.2 Å². The summed E-state index contributed by atoms with van der Waals surface area (Å²) in [5, 5.41) is 1.85. The van der Waals surface area contributed by atoms with E-state index in [2.05, 4.69) is 11.5 Å². The van der Waals surface area contributed by atoms with Crippen molar-refractivity contribution in [3.05, 3.63) is 48.7 Å². The molecule has 5 heteroatoms. The summed E-state index contributed by atoms with van der Waals surface area (Å²) >= 11 is 0. The molecule has 0 bridgehead atoms. The normalized spacial score (nSPS) is 17.6. The van der Waals surface area contributed by atoms with Gasteiger partial charge in [-0.05, 0) is 43.4 Å². The van der Waals surface area contributed by atoms with Gasteiger partial charge in [-0.3, -0.25) is 5.01 Å². The number of hydrogen-bond donors (Lipinski definition) is 1. The second-order valence-electron chi connectivity index (χ2n) is 5.46. The second-order valence-corrected chi connectivity index (χ2v) is 5.46. The molecule has 2 aliphatic rings. The zero-order valence-corrected chi connectivity index (χ0v) is 12.8. The fourth-order valence-electron chi connectivity index (χ4n) is 2.69. The predicted molar refractivity (Wildman–Crippen MR) is 83.9 cm³/mol. The summed E-state index contributed by atoms with van der Waals surface area (Å²) in [5.41, 5.74) is 4.42. The van der Waals surface area contributed by atoms with Crippen LogP contribution in [0.2, 0.25) is 0 Å². The minimum absolute atomic E-state index is 0.321. The van der Waals surface area contributed by atoms with Crippen molar-refractivity contribution >= 4 is 0 Å². The highest BCUT2D eigenvalue weighted by Gasteiger charge is 2.18. The molecule has 5 nitrogen and oxygen atoms in total. The van der Waals surface area contributed by atoms with E-state index < -0.39 is 0 Å². The van der Waals surface area contributed by atoms with Crippen molar-refractivity contribution in [3.8, 4) is 11.5 Å². The minimum Gasteiger partial charge on any atom is -0.493 e. The molecule has 1 N–H and O–H groups in total. The average molecular weight is 302 g/mol. The lowest BCUT2D eigenvalue weighted by atomic mass is 10.2. The number of benzene rings is 1. The molecular weight excluding hydrogens is 280 g/mol. The highest BCUT2D eigenvalue weighted by Crippen LogP contribution is 2.32. The number of methoxy groups -OCH3 is 1. The zero-order valence-electron chi connectivity index (χ0n) is 12.8. The summed E-state index contributed by atoms with van der Waals surface area (Å²) in [6.07, 6.45) is 12.0. The number of ether oxygens (including phenoxy) is 3. The van der Waals surface area contributed by atoms with Crippen LogP contribution in [-0.2, 0) is 11.3 Å². The van der Waals surface area contributed by atoms with Gasteiger partial charge in [-0.1, -0.05) is 6.07 Å². The van der Waals surface area contributed by atoms with Gasteiger partial charge < -0.3 is 14.2 Å². The van der Waals surface area contributed by atoms with Gasteiger partial charge in [0.05, 0.1) is 25.6 Å². The first-order chi connectivity index (χ1) is 10.8. The van der Waals surface area contributed by atoms with Crippen LogP contribution in [0.15, 0.2) is 43.1 Å². The third-order valence-electron chi connectivity index (χ3n) is 3.89. The number of hydrazine groups is 1. The Morgan fingerprint density at radius 1 is 1.18 bits per heavy atom. The summed E-state index contributed by atoms with van der Waals surface area (Å²) in [7, 11) is 1.68. The van der Waals surface area contributed by atoms with Crippen LogP contribution in [0, 0.1) is 0 Å². The van der Waals surface area contributed by atoms with Crippen LogP contribution >= 0.6 is 0 Å². The molecule has 1 aromatic carbocycles. The quantitative estimate of drug-likeness (QED) is 0.873. The molecule has 1 aliphatic carbocycles. The van der Waals surface area contributed by atoms with Crippen molar-refractivity contribution in [1.29, 1.82) is 0 Å². The Labute approximate surface area is 131 Å². The number of nitrogens with one attached hydrogen (secondary N) is 1. The fraction of sp³-hybridized carbons (Fsp3) is 0.412. The third-order valence-corrected chi connectivity index (χ3v) is 3.89. The zero-order chi connectivity index (χ0) is 15.2. The third kappa shape index (κ3) is 3.74. The van der Waals surface area contributed by atoms with Gasteiger partial charge in [0.1, 0.15) is 12.5 Å². The lowest BCUT2D eigenvalue weighted by Gasteiger charge is -2.20. The lowest BCUT2D eigenvalue weighted by Crippen LogP contribution is -2.29. The molecule has 0 amide bonds. The van der Waals surface area contributed by atoms with E-state index in [4.69, 9.17) is 14.2 Å². The maximum Gasteiger partial charge on any atom is 0.161 e. The van der Waals surface area contributed by atoms with Gasteiger partial charge in [-0.25, -0.2) is 5.43 Å². The Hall–Kier alpha value is -2.14. The SMILES string of the molecule is COc1ccc(CNN2C=COC=C2)cc1OC1CCCC1. The van der Waals surface area contributed by atoms with Crippen LogP contribution in [0.25, 0.3) is 0 Å². The van der Waals surface area contributed by atoms with E-state index >= 15 is 0 Å². The fourth-order valence-corrected chi connectivity index (χ4v) is 2.69. The summed E-state index contributed by atoms with van der Waals surface area (Å²) in [6, 6.07) is 6.06. The maximum absolute atomic E-state index is 6.12. The van der Waals surface area contributed by atoms with E-state index in [1.54, 1.807) is 19.6 Å². The van der Waals surface area contributed by atoms with Crippen LogP contribution in [0.3, 0.4) is 0 Å². The van der Waals surface area contributed by atoms with E-state index in [1.165, 1.54) is 12.8 Å². The van der Waals surface area contributed by atoms with Crippen LogP contribution < -0.4 is 14.9 Å². The second kappa shape index (κ2) is 7.22. The standard InChI is InChI=1S/C17H22N2O3/c1-20-16-7-6-14(13-18-19-8-10-21-11-9-19)12-17(16)22-15-4-2-3-5-15/h6-12,15,18H,2-5,13H2,1H3. The van der Waals surface area contributed by atoms with Gasteiger partial charge in [-0.15, -0.1) is 0 Å². The van der Waals surface area contributed by atoms with E-state index in [1.807, 2.05) is 29.5 Å². The molecule has 118 valence electrons. The van der Waals surface area contributed by atoms with Crippen molar-refractivity contribution in [1.82, 2.24) is 10.4 Å². The molecule has 1 fully saturated rings. The average Bonchev–Trinajstić information content (AvgIpc) is 3.07. The Morgan fingerprint density at radius 2 is 1.95 bits per heavy atom. The molecule has 1 heterocycles. The molecule has 0 aromatic heterocycles. The van der Waals surface area contributed by atoms with Crippen molar-refractivity contribution < 1.29 is 14.2 Å². The van der Waals surface area contributed by atoms with Gasteiger partial charge in [0.25, 0.3) is 0 Å². The van der Waals surface area contributed by atoms with Gasteiger partial charge in [0.2, 0.25) is 0 Å². The van der Waals surface area contributed by atoms with Crippen molar-refractivity contribution in [2.24, 2.45) is 0 Å². The smallest absolute Gasteiger partial charge is 0.161 e. The van der Waals surface area contributed by atoms with Crippen LogP contribution in [0.1, 0.15) is 31.2 Å². The first-order valence-electron chi connectivity index (χ1n) is 7.69. The van der Waals surface area contributed by atoms with Crippen molar-refractivity contribution in [3.63, 3.8) is 0 Å². The van der Waals surface area contributed by atoms with E-state index in [0.717, 1.165) is 29.9 Å². The molecule has 1 aliphatic heterocycles. The lowest BCUT2D eigenvalue weighted by molar-refractivity contribution is 0.200. The Kier molecular flexibility index (Phi) is 4.85. The van der Waals surface area contributed by atoms with E-state index in [9.17, 15) is 0 Å². The topological polar surface area (TPSA) is 43.0 Å². The Morgan fingerprint density at radius 3 is 2.68 bits per heavy atom. The number of nitrogens with zero attached hydrogens (tertiary/aromatic N) is 1. The Balaban J connectivity index is 1.64. The maximum atomic E-state index is 6.12. The van der Waals surface area contributed by atoms with Crippen LogP contribution in [0.4, 0.5) is 0 Å². The monoisotopic (exact) mass is 302 g/mol. The molecule has 0 atom stereocenters. The molecule has 3 rings (SSSR count). The van der Waals surface area contributed by atoms with E-state index in [0.29, 0.717) is 12.6 Å². The molecule has 0 radical (unpaired) electrons. The van der Waals surface area contributed by atoms with Gasteiger partial charge in [-0.2, -0.15) is 0 Å². The highest BCUT2D eigenvalue weighted by atomic mass is 16.5. The highest BCUT2D eigenvalue weighted by molar-refractivity contribution is 5.43. The predicted octanol–water partition coefficient (Wildman–Crippen LogP) is 3.30. The Bertz CT molecular complexity index is 539. The molecular formula is C17H22N2O3. The summed E-state index contributed by atoms with van der Waals surface area (Å²) in [5.74, 6) is 1.63. The van der Waals surface area contributed by atoms with Crippen molar-refractivity contribution in [2.75, 3.05) is 7.11 Å². The molecule has 0 saturated heterocycles. The summed E-state index contributed by atoms with van der Waals surface area (Å²) in [6.45, 7) is 0.694. The molecule has 1 saturated carbocycles. The summed E-state index contributed by atoms with van der Waals surface area (Å²) < 4.78 is 16.5. The minimum atomic E-state index is 0.321. The number of hydrogen-bond acceptors (Lipinski definition) is 5. The van der Waals surface area contributed by atoms with E-state index in [-0.39, 0.29) is 0 Å². The van der Waals surface area contributed by atoms with Crippen molar-refractivity contribution in [2.45, 2.75) is 38.3 Å².